The van der Waals surface area contributed by atoms with Crippen LogP contribution in [0.4, 0.5) is 0 Å². The van der Waals surface area contributed by atoms with Gasteiger partial charge in [0, 0.05) is 31.8 Å². The first kappa shape index (κ1) is 24.2. The second-order valence-corrected chi connectivity index (χ2v) is 6.89. The summed E-state index contributed by atoms with van der Waals surface area (Å²) in [6.07, 6.45) is 0.413. The highest BCUT2D eigenvalue weighted by atomic mass is 16.7. The molecule has 3 aromatic carbocycles. The van der Waals surface area contributed by atoms with Gasteiger partial charge in [-0.15, -0.1) is 0 Å². The van der Waals surface area contributed by atoms with Gasteiger partial charge < -0.3 is 14.6 Å². The normalized spacial score (nSPS) is 10.7. The number of benzene rings is 3. The average Bonchev–Trinajstić information content (AvgIpc) is 2.82. The van der Waals surface area contributed by atoms with E-state index in [1.165, 1.54) is 14.2 Å². The molecule has 0 unspecified atom stereocenters. The van der Waals surface area contributed by atoms with Crippen LogP contribution in [0.1, 0.15) is 34.0 Å². The lowest BCUT2D eigenvalue weighted by molar-refractivity contribution is -0.176. The van der Waals surface area contributed by atoms with Crippen LogP contribution in [0.25, 0.3) is 0 Å². The Bertz CT molecular complexity index is 963. The highest BCUT2D eigenvalue weighted by molar-refractivity contribution is 6.02. The number of ketones is 2. The van der Waals surface area contributed by atoms with E-state index in [-0.39, 0.29) is 18.2 Å². The fourth-order valence-corrected chi connectivity index (χ4v) is 3.23. The molecular formula is C26H28O5. The van der Waals surface area contributed by atoms with Crippen LogP contribution in [0.3, 0.4) is 0 Å². The molecule has 31 heavy (non-hydrogen) atoms. The van der Waals surface area contributed by atoms with Crippen molar-refractivity contribution in [1.82, 2.24) is 0 Å². The van der Waals surface area contributed by atoms with Gasteiger partial charge in [0.15, 0.2) is 0 Å². The van der Waals surface area contributed by atoms with Crippen LogP contribution in [-0.4, -0.2) is 30.9 Å². The lowest BCUT2D eigenvalue weighted by Crippen LogP contribution is -2.39. The Morgan fingerprint density at radius 2 is 1.26 bits per heavy atom. The van der Waals surface area contributed by atoms with Crippen LogP contribution in [0.15, 0.2) is 84.9 Å². The third kappa shape index (κ3) is 6.18. The molecule has 3 aromatic rings. The van der Waals surface area contributed by atoms with Gasteiger partial charge in [-0.2, -0.15) is 0 Å². The predicted molar refractivity (Wildman–Crippen MR) is 120 cm³/mol. The summed E-state index contributed by atoms with van der Waals surface area (Å²) in [5.74, 6) is -1.50. The number of Topliss-reactive ketones (excluding diaryl/α,β-unsaturated/α-hetero) is 2. The van der Waals surface area contributed by atoms with Crippen molar-refractivity contribution in [3.8, 4) is 0 Å². The molecule has 0 spiro atoms. The Morgan fingerprint density at radius 1 is 0.774 bits per heavy atom. The van der Waals surface area contributed by atoms with Crippen molar-refractivity contribution < 1.29 is 24.2 Å². The van der Waals surface area contributed by atoms with Crippen molar-refractivity contribution in [2.45, 2.75) is 25.7 Å². The van der Waals surface area contributed by atoms with Crippen molar-refractivity contribution in [1.29, 1.82) is 0 Å². The van der Waals surface area contributed by atoms with Gasteiger partial charge in [0.2, 0.25) is 5.78 Å². The molecule has 5 heteroatoms. The largest absolute Gasteiger partial charge is 0.392 e. The average molecular weight is 421 g/mol. The topological polar surface area (TPSA) is 72.8 Å². The van der Waals surface area contributed by atoms with Gasteiger partial charge >= 0.3 is 0 Å². The standard InChI is InChI=1S/C16H16O3.C10H12O2/c1-18-16(19-2,14-11-7-4-8-12-14)15(17)13-9-5-3-6-10-13;1-8(12)6-9-4-2-3-5-10(9)7-11/h3-12H,1-2H3;2-5,11H,6-7H2,1H3. The third-order valence-corrected chi connectivity index (χ3v) is 4.79. The van der Waals surface area contributed by atoms with E-state index < -0.39 is 5.79 Å². The first-order valence-electron chi connectivity index (χ1n) is 9.91. The highest BCUT2D eigenvalue weighted by Gasteiger charge is 2.41. The molecule has 3 rings (SSSR count). The number of aliphatic hydroxyl groups is 1. The van der Waals surface area contributed by atoms with Crippen molar-refractivity contribution in [2.75, 3.05) is 14.2 Å². The minimum Gasteiger partial charge on any atom is -0.392 e. The zero-order valence-electron chi connectivity index (χ0n) is 18.1. The van der Waals surface area contributed by atoms with Gasteiger partial charge in [-0.3, -0.25) is 9.59 Å². The molecule has 5 nitrogen and oxygen atoms in total. The first-order valence-corrected chi connectivity index (χ1v) is 9.91. The summed E-state index contributed by atoms with van der Waals surface area (Å²) in [6, 6.07) is 25.6. The molecule has 0 radical (unpaired) electrons. The third-order valence-electron chi connectivity index (χ3n) is 4.79. The first-order chi connectivity index (χ1) is 15.0. The summed E-state index contributed by atoms with van der Waals surface area (Å²) in [7, 11) is 2.94. The molecule has 0 fully saturated rings. The Balaban J connectivity index is 0.000000245. The summed E-state index contributed by atoms with van der Waals surface area (Å²) < 4.78 is 10.8. The van der Waals surface area contributed by atoms with Crippen LogP contribution >= 0.6 is 0 Å². The molecule has 0 aliphatic heterocycles. The summed E-state index contributed by atoms with van der Waals surface area (Å²) in [6.45, 7) is 1.55. The zero-order valence-corrected chi connectivity index (χ0v) is 18.1. The lowest BCUT2D eigenvalue weighted by atomic mass is 9.96. The number of rotatable bonds is 8. The van der Waals surface area contributed by atoms with Crippen LogP contribution in [-0.2, 0) is 33.1 Å². The van der Waals surface area contributed by atoms with Crippen molar-refractivity contribution in [3.63, 3.8) is 0 Å². The minimum absolute atomic E-state index is 0.00343. The van der Waals surface area contributed by atoms with E-state index in [2.05, 4.69) is 0 Å². The number of methoxy groups -OCH3 is 2. The number of carbonyl (C=O) groups excluding carboxylic acids is 2. The van der Waals surface area contributed by atoms with E-state index in [4.69, 9.17) is 14.6 Å². The maximum Gasteiger partial charge on any atom is 0.260 e. The minimum atomic E-state index is -1.40. The summed E-state index contributed by atoms with van der Waals surface area (Å²) in [5, 5.41) is 8.92. The monoisotopic (exact) mass is 420 g/mol. The van der Waals surface area contributed by atoms with E-state index in [0.717, 1.165) is 11.1 Å². The molecular weight excluding hydrogens is 392 g/mol. The van der Waals surface area contributed by atoms with E-state index in [9.17, 15) is 9.59 Å². The fraction of sp³-hybridized carbons (Fsp3) is 0.231. The maximum atomic E-state index is 12.7. The Kier molecular flexibility index (Phi) is 9.28. The SMILES string of the molecule is CC(=O)Cc1ccccc1CO.COC(OC)(C(=O)c1ccccc1)c1ccccc1. The van der Waals surface area contributed by atoms with Gasteiger partial charge in [-0.05, 0) is 18.1 Å². The second-order valence-electron chi connectivity index (χ2n) is 6.89. The molecule has 0 aliphatic rings. The summed E-state index contributed by atoms with van der Waals surface area (Å²) in [4.78, 5) is 23.5. The van der Waals surface area contributed by atoms with E-state index >= 15 is 0 Å². The number of aliphatic hydroxyl groups excluding tert-OH is 1. The molecule has 0 amide bonds. The number of ether oxygens (including phenoxy) is 2. The van der Waals surface area contributed by atoms with Gasteiger partial charge in [0.1, 0.15) is 5.78 Å². The number of hydrogen-bond acceptors (Lipinski definition) is 5. The van der Waals surface area contributed by atoms with Gasteiger partial charge in [-0.25, -0.2) is 0 Å². The van der Waals surface area contributed by atoms with Crippen molar-refractivity contribution >= 4 is 11.6 Å². The number of carbonyl (C=O) groups is 2. The van der Waals surface area contributed by atoms with Crippen LogP contribution in [0.5, 0.6) is 0 Å². The fourth-order valence-electron chi connectivity index (χ4n) is 3.23. The quantitative estimate of drug-likeness (QED) is 0.434. The Labute approximate surface area is 183 Å². The van der Waals surface area contributed by atoms with E-state index in [0.29, 0.717) is 17.5 Å². The Hall–Kier alpha value is -3.12. The summed E-state index contributed by atoms with van der Waals surface area (Å²) in [5.41, 5.74) is 2.99. The molecule has 0 bridgehead atoms. The highest BCUT2D eigenvalue weighted by Crippen LogP contribution is 2.30. The van der Waals surface area contributed by atoms with Crippen LogP contribution in [0, 0.1) is 0 Å². The molecule has 1 N–H and O–H groups in total. The summed E-state index contributed by atoms with van der Waals surface area (Å²) >= 11 is 0. The molecule has 0 heterocycles. The molecule has 0 aromatic heterocycles. The Morgan fingerprint density at radius 3 is 1.74 bits per heavy atom. The van der Waals surface area contributed by atoms with Gasteiger partial charge in [-0.1, -0.05) is 84.9 Å². The van der Waals surface area contributed by atoms with Crippen molar-refractivity contribution in [2.24, 2.45) is 0 Å². The molecule has 162 valence electrons. The number of hydrogen-bond donors (Lipinski definition) is 1. The smallest absolute Gasteiger partial charge is 0.260 e. The zero-order chi connectivity index (χ0) is 22.7. The van der Waals surface area contributed by atoms with Crippen LogP contribution < -0.4 is 0 Å². The molecule has 0 saturated carbocycles. The molecule has 0 saturated heterocycles. The second kappa shape index (κ2) is 11.9. The van der Waals surface area contributed by atoms with Crippen molar-refractivity contribution in [3.05, 3.63) is 107 Å². The van der Waals surface area contributed by atoms with Gasteiger partial charge in [0.25, 0.3) is 5.79 Å². The molecule has 0 aliphatic carbocycles. The maximum absolute atomic E-state index is 12.7. The van der Waals surface area contributed by atoms with E-state index in [1.54, 1.807) is 19.1 Å². The van der Waals surface area contributed by atoms with Gasteiger partial charge in [0.05, 0.1) is 6.61 Å². The van der Waals surface area contributed by atoms with Crippen LogP contribution in [0.2, 0.25) is 0 Å². The van der Waals surface area contributed by atoms with E-state index in [1.807, 2.05) is 72.8 Å². The predicted octanol–water partition coefficient (Wildman–Crippen LogP) is 4.33. The molecule has 0 atom stereocenters. The lowest BCUT2D eigenvalue weighted by Gasteiger charge is -2.29.